The molecule has 1 aliphatic carbocycles. The van der Waals surface area contributed by atoms with Crippen LogP contribution in [-0.2, 0) is 19.6 Å². The summed E-state index contributed by atoms with van der Waals surface area (Å²) in [5.74, 6) is -0.576. The number of benzene rings is 1. The van der Waals surface area contributed by atoms with Gasteiger partial charge in [-0.3, -0.25) is 9.59 Å². The average molecular weight is 423 g/mol. The third-order valence-corrected chi connectivity index (χ3v) is 7.04. The summed E-state index contributed by atoms with van der Waals surface area (Å²) in [6.07, 6.45) is 2.25. The van der Waals surface area contributed by atoms with Crippen molar-refractivity contribution in [1.29, 1.82) is 0 Å². The summed E-state index contributed by atoms with van der Waals surface area (Å²) in [6, 6.07) is 9.91. The molecule has 8 nitrogen and oxygen atoms in total. The van der Waals surface area contributed by atoms with Crippen molar-refractivity contribution < 1.29 is 18.0 Å². The molecule has 160 valence electrons. The van der Waals surface area contributed by atoms with Gasteiger partial charge >= 0.3 is 0 Å². The molecule has 3 atom stereocenters. The number of carbonyl (C=O) groups is 2. The first-order chi connectivity index (χ1) is 13.8. The Hall–Kier alpha value is -2.13. The number of carbonyl (C=O) groups excluding carboxylic acids is 2. The van der Waals surface area contributed by atoms with Crippen molar-refractivity contribution in [3.8, 4) is 0 Å². The van der Waals surface area contributed by atoms with Gasteiger partial charge in [-0.05, 0) is 37.8 Å². The van der Waals surface area contributed by atoms with Gasteiger partial charge in [0.25, 0.3) is 0 Å². The molecular weight excluding hydrogens is 392 g/mol. The molecule has 2 N–H and O–H groups in total. The van der Waals surface area contributed by atoms with E-state index in [1.807, 2.05) is 30.3 Å². The maximum atomic E-state index is 12.7. The minimum Gasteiger partial charge on any atom is -0.370 e. The molecule has 1 aromatic rings. The van der Waals surface area contributed by atoms with Crippen molar-refractivity contribution in [3.05, 3.63) is 30.3 Å². The van der Waals surface area contributed by atoms with Gasteiger partial charge in [-0.15, -0.1) is 0 Å². The van der Waals surface area contributed by atoms with E-state index >= 15 is 0 Å². The normalized spacial score (nSPS) is 25.0. The molecule has 9 heteroatoms. The molecule has 1 aromatic carbocycles. The lowest BCUT2D eigenvalue weighted by Gasteiger charge is -2.23. The Morgan fingerprint density at radius 2 is 2.00 bits per heavy atom. The summed E-state index contributed by atoms with van der Waals surface area (Å²) in [7, 11) is -3.45. The number of likely N-dealkylation sites (N-methyl/N-ethyl adjacent to an activating group) is 1. The van der Waals surface area contributed by atoms with E-state index in [4.69, 9.17) is 0 Å². The molecule has 1 saturated carbocycles. The highest BCUT2D eigenvalue weighted by molar-refractivity contribution is 7.88. The topological polar surface area (TPSA) is 98.8 Å². The predicted octanol–water partition coefficient (Wildman–Crippen LogP) is 0.415. The molecule has 0 unspecified atom stereocenters. The van der Waals surface area contributed by atoms with Crippen LogP contribution in [0.4, 0.5) is 5.69 Å². The van der Waals surface area contributed by atoms with Crippen LogP contribution in [0.15, 0.2) is 30.3 Å². The summed E-state index contributed by atoms with van der Waals surface area (Å²) < 4.78 is 25.0. The first kappa shape index (κ1) is 21.6. The lowest BCUT2D eigenvalue weighted by Crippen LogP contribution is -2.40. The number of nitrogens with zero attached hydrogens (tertiary/aromatic N) is 2. The summed E-state index contributed by atoms with van der Waals surface area (Å²) in [6.45, 7) is 4.31. The Labute approximate surface area is 172 Å². The molecule has 0 spiro atoms. The average Bonchev–Trinajstić information content (AvgIpc) is 2.99. The monoisotopic (exact) mass is 422 g/mol. The smallest absolute Gasteiger partial charge is 0.235 e. The van der Waals surface area contributed by atoms with E-state index in [1.165, 1.54) is 4.31 Å². The van der Waals surface area contributed by atoms with Crippen LogP contribution < -0.4 is 15.5 Å². The van der Waals surface area contributed by atoms with E-state index in [0.717, 1.165) is 18.5 Å². The Kier molecular flexibility index (Phi) is 6.79. The first-order valence-corrected chi connectivity index (χ1v) is 11.9. The zero-order valence-corrected chi connectivity index (χ0v) is 17.8. The van der Waals surface area contributed by atoms with E-state index in [0.29, 0.717) is 25.9 Å². The zero-order valence-electron chi connectivity index (χ0n) is 17.0. The van der Waals surface area contributed by atoms with Gasteiger partial charge in [-0.2, -0.15) is 4.31 Å². The minimum atomic E-state index is -3.45. The molecule has 1 aliphatic heterocycles. The van der Waals surface area contributed by atoms with Crippen molar-refractivity contribution in [1.82, 2.24) is 14.9 Å². The van der Waals surface area contributed by atoms with Gasteiger partial charge in [0.15, 0.2) is 0 Å². The van der Waals surface area contributed by atoms with E-state index in [-0.39, 0.29) is 42.8 Å². The van der Waals surface area contributed by atoms with Gasteiger partial charge in [0.05, 0.1) is 12.8 Å². The van der Waals surface area contributed by atoms with Crippen LogP contribution in [0.5, 0.6) is 0 Å². The first-order valence-electron chi connectivity index (χ1n) is 10.1. The van der Waals surface area contributed by atoms with Crippen molar-refractivity contribution in [2.45, 2.75) is 25.8 Å². The number of para-hydroxylation sites is 1. The second kappa shape index (κ2) is 9.13. The van der Waals surface area contributed by atoms with E-state index < -0.39 is 10.0 Å². The van der Waals surface area contributed by atoms with E-state index in [9.17, 15) is 18.0 Å². The second-order valence-corrected chi connectivity index (χ2v) is 9.85. The van der Waals surface area contributed by atoms with Gasteiger partial charge in [0.2, 0.25) is 21.8 Å². The fraction of sp³-hybridized carbons (Fsp3) is 0.600. The fourth-order valence-corrected chi connectivity index (χ4v) is 5.09. The highest BCUT2D eigenvalue weighted by atomic mass is 32.2. The van der Waals surface area contributed by atoms with Crippen molar-refractivity contribution in [3.63, 3.8) is 0 Å². The van der Waals surface area contributed by atoms with Crippen LogP contribution in [0.1, 0.15) is 19.8 Å². The number of amides is 2. The molecule has 1 saturated heterocycles. The lowest BCUT2D eigenvalue weighted by atomic mass is 10.0. The second-order valence-electron chi connectivity index (χ2n) is 7.86. The van der Waals surface area contributed by atoms with Gasteiger partial charge in [-0.25, -0.2) is 8.42 Å². The quantitative estimate of drug-likeness (QED) is 0.663. The van der Waals surface area contributed by atoms with Crippen molar-refractivity contribution >= 4 is 27.5 Å². The maximum Gasteiger partial charge on any atom is 0.235 e. The molecule has 0 radical (unpaired) electrons. The summed E-state index contributed by atoms with van der Waals surface area (Å²) in [5, 5.41) is 5.91. The molecule has 2 fully saturated rings. The Morgan fingerprint density at radius 3 is 2.66 bits per heavy atom. The third kappa shape index (κ3) is 5.48. The number of nitrogens with one attached hydrogen (secondary N) is 2. The molecule has 0 aromatic heterocycles. The molecule has 29 heavy (non-hydrogen) atoms. The van der Waals surface area contributed by atoms with E-state index in [2.05, 4.69) is 22.5 Å². The lowest BCUT2D eigenvalue weighted by molar-refractivity contribution is -0.125. The number of hydrogen-bond donors (Lipinski definition) is 2. The van der Waals surface area contributed by atoms with Crippen molar-refractivity contribution in [2.75, 3.05) is 43.9 Å². The molecule has 0 bridgehead atoms. The number of hydrogen-bond acceptors (Lipinski definition) is 5. The molecule has 1 heterocycles. The Balaban J connectivity index is 1.53. The number of fused-ring (bicyclic) bond motifs is 1. The number of anilines is 1. The minimum absolute atomic E-state index is 0.0256. The van der Waals surface area contributed by atoms with Crippen LogP contribution >= 0.6 is 0 Å². The van der Waals surface area contributed by atoms with Crippen molar-refractivity contribution in [2.24, 2.45) is 11.8 Å². The predicted molar refractivity (Wildman–Crippen MR) is 112 cm³/mol. The summed E-state index contributed by atoms with van der Waals surface area (Å²) >= 11 is 0. The van der Waals surface area contributed by atoms with Crippen LogP contribution in [0.2, 0.25) is 0 Å². The van der Waals surface area contributed by atoms with E-state index in [1.54, 1.807) is 0 Å². The van der Waals surface area contributed by atoms with Crippen LogP contribution in [0.25, 0.3) is 0 Å². The highest BCUT2D eigenvalue weighted by Gasteiger charge is 2.42. The Morgan fingerprint density at radius 1 is 1.28 bits per heavy atom. The number of rotatable bonds is 7. The SMILES string of the molecule is CCN(CCNC(=O)[C@H]1C[C@@H]2CN(S(C)(=O)=O)CC(=O)N[C@@H]2C1)c1ccccc1. The number of sulfonamides is 1. The Bertz CT molecular complexity index is 830. The molecular formula is C20H30N4O4S. The highest BCUT2D eigenvalue weighted by Crippen LogP contribution is 2.33. The fourth-order valence-electron chi connectivity index (χ4n) is 4.28. The molecule has 2 aliphatic rings. The van der Waals surface area contributed by atoms with Crippen LogP contribution in [-0.4, -0.2) is 69.6 Å². The summed E-state index contributed by atoms with van der Waals surface area (Å²) in [4.78, 5) is 26.9. The standard InChI is InChI=1S/C20H30N4O4S/c1-3-23(17-7-5-4-6-8-17)10-9-21-20(26)15-11-16-13-24(29(2,27)28)14-19(25)22-18(16)12-15/h4-8,15-16,18H,3,9-14H2,1-2H3,(H,21,26)(H,22,25)/t15-,16+,18+/m0/s1. The van der Waals surface area contributed by atoms with Gasteiger partial charge < -0.3 is 15.5 Å². The third-order valence-electron chi connectivity index (χ3n) is 5.82. The van der Waals surface area contributed by atoms with Crippen LogP contribution in [0.3, 0.4) is 0 Å². The van der Waals surface area contributed by atoms with Crippen LogP contribution in [0, 0.1) is 11.8 Å². The van der Waals surface area contributed by atoms with Gasteiger partial charge in [-0.1, -0.05) is 18.2 Å². The maximum absolute atomic E-state index is 12.7. The van der Waals surface area contributed by atoms with Gasteiger partial charge in [0, 0.05) is 43.8 Å². The summed E-state index contributed by atoms with van der Waals surface area (Å²) in [5.41, 5.74) is 1.12. The molecule has 2 amide bonds. The molecule has 3 rings (SSSR count). The largest absolute Gasteiger partial charge is 0.370 e. The van der Waals surface area contributed by atoms with Gasteiger partial charge in [0.1, 0.15) is 0 Å². The zero-order chi connectivity index (χ0) is 21.0.